The molecule has 1 unspecified atom stereocenters. The molecule has 84 valence electrons. The van der Waals surface area contributed by atoms with E-state index >= 15 is 0 Å². The van der Waals surface area contributed by atoms with Gasteiger partial charge in [-0.15, -0.1) is 11.3 Å². The third-order valence-corrected chi connectivity index (χ3v) is 4.07. The van der Waals surface area contributed by atoms with Crippen molar-refractivity contribution in [3.05, 3.63) is 16.1 Å². The van der Waals surface area contributed by atoms with Gasteiger partial charge in [-0.25, -0.2) is 4.98 Å². The molecule has 1 aromatic rings. The minimum absolute atomic E-state index is 0.330. The van der Waals surface area contributed by atoms with Gasteiger partial charge in [-0.3, -0.25) is 0 Å². The van der Waals surface area contributed by atoms with Gasteiger partial charge >= 0.3 is 0 Å². The molecule has 0 aliphatic heterocycles. The quantitative estimate of drug-likeness (QED) is 0.834. The van der Waals surface area contributed by atoms with Gasteiger partial charge in [0.2, 0.25) is 0 Å². The van der Waals surface area contributed by atoms with E-state index in [1.807, 2.05) is 11.3 Å². The van der Waals surface area contributed by atoms with Crippen LogP contribution in [0.25, 0.3) is 0 Å². The van der Waals surface area contributed by atoms with Gasteiger partial charge in [0, 0.05) is 17.3 Å². The van der Waals surface area contributed by atoms with Crippen LogP contribution in [0.1, 0.15) is 55.6 Å². The Morgan fingerprint density at radius 1 is 1.60 bits per heavy atom. The molecule has 1 aromatic heterocycles. The van der Waals surface area contributed by atoms with Gasteiger partial charge in [0.15, 0.2) is 0 Å². The Labute approximate surface area is 95.9 Å². The molecular formula is C12H20N2S. The zero-order chi connectivity index (χ0) is 10.7. The summed E-state index contributed by atoms with van der Waals surface area (Å²) in [6.07, 6.45) is 7.49. The standard InChI is InChI=1S/C12H20N2S/c1-9(13)4-2-7-12-14-11(8-15-12)10-5-3-6-10/h8-10H,2-7,13H2,1H3. The molecular weight excluding hydrogens is 204 g/mol. The van der Waals surface area contributed by atoms with Crippen LogP contribution in [-0.2, 0) is 6.42 Å². The van der Waals surface area contributed by atoms with E-state index in [1.54, 1.807) is 0 Å². The zero-order valence-electron chi connectivity index (χ0n) is 9.41. The molecule has 0 amide bonds. The first kappa shape index (κ1) is 11.1. The van der Waals surface area contributed by atoms with Crippen molar-refractivity contribution in [1.29, 1.82) is 0 Å². The third-order valence-electron chi connectivity index (χ3n) is 3.14. The summed E-state index contributed by atoms with van der Waals surface area (Å²) in [5.41, 5.74) is 7.07. The van der Waals surface area contributed by atoms with E-state index in [4.69, 9.17) is 10.7 Å². The highest BCUT2D eigenvalue weighted by molar-refractivity contribution is 7.09. The van der Waals surface area contributed by atoms with Crippen LogP contribution in [0.15, 0.2) is 5.38 Å². The number of thiazole rings is 1. The van der Waals surface area contributed by atoms with E-state index < -0.39 is 0 Å². The maximum Gasteiger partial charge on any atom is 0.0928 e. The number of aromatic nitrogens is 1. The first-order chi connectivity index (χ1) is 7.25. The molecule has 1 fully saturated rings. The lowest BCUT2D eigenvalue weighted by atomic mass is 9.83. The second-order valence-corrected chi connectivity index (χ2v) is 5.61. The van der Waals surface area contributed by atoms with Gasteiger partial charge in [0.1, 0.15) is 0 Å². The number of nitrogens with zero attached hydrogens (tertiary/aromatic N) is 1. The van der Waals surface area contributed by atoms with E-state index in [0.717, 1.165) is 18.8 Å². The van der Waals surface area contributed by atoms with E-state index in [1.165, 1.54) is 36.4 Å². The summed E-state index contributed by atoms with van der Waals surface area (Å²) in [5.74, 6) is 0.781. The van der Waals surface area contributed by atoms with Crippen LogP contribution in [0.5, 0.6) is 0 Å². The molecule has 2 rings (SSSR count). The van der Waals surface area contributed by atoms with E-state index in [-0.39, 0.29) is 0 Å². The summed E-state index contributed by atoms with van der Waals surface area (Å²) < 4.78 is 0. The summed E-state index contributed by atoms with van der Waals surface area (Å²) in [6.45, 7) is 2.07. The first-order valence-corrected chi connectivity index (χ1v) is 6.83. The van der Waals surface area contributed by atoms with Crippen molar-refractivity contribution >= 4 is 11.3 Å². The van der Waals surface area contributed by atoms with Crippen LogP contribution in [-0.4, -0.2) is 11.0 Å². The first-order valence-electron chi connectivity index (χ1n) is 5.95. The third kappa shape index (κ3) is 3.02. The Morgan fingerprint density at radius 2 is 2.40 bits per heavy atom. The topological polar surface area (TPSA) is 38.9 Å². The minimum Gasteiger partial charge on any atom is -0.328 e. The number of hydrogen-bond acceptors (Lipinski definition) is 3. The molecule has 2 nitrogen and oxygen atoms in total. The van der Waals surface area contributed by atoms with Crippen molar-refractivity contribution in [1.82, 2.24) is 4.98 Å². The van der Waals surface area contributed by atoms with Crippen molar-refractivity contribution in [3.8, 4) is 0 Å². The van der Waals surface area contributed by atoms with Crippen molar-refractivity contribution in [2.45, 2.75) is 57.4 Å². The van der Waals surface area contributed by atoms with E-state index in [9.17, 15) is 0 Å². The normalized spacial score (nSPS) is 18.8. The molecule has 1 aliphatic carbocycles. The van der Waals surface area contributed by atoms with E-state index in [0.29, 0.717) is 6.04 Å². The van der Waals surface area contributed by atoms with Crippen LogP contribution >= 0.6 is 11.3 Å². The Hall–Kier alpha value is -0.410. The highest BCUT2D eigenvalue weighted by Crippen LogP contribution is 2.36. The van der Waals surface area contributed by atoms with Gasteiger partial charge in [-0.2, -0.15) is 0 Å². The largest absolute Gasteiger partial charge is 0.328 e. The van der Waals surface area contributed by atoms with E-state index in [2.05, 4.69) is 12.3 Å². The minimum atomic E-state index is 0.330. The zero-order valence-corrected chi connectivity index (χ0v) is 10.2. The molecule has 0 saturated heterocycles. The molecule has 1 atom stereocenters. The number of rotatable bonds is 5. The fourth-order valence-corrected chi connectivity index (χ4v) is 2.83. The number of hydrogen-bond donors (Lipinski definition) is 1. The molecule has 0 radical (unpaired) electrons. The fourth-order valence-electron chi connectivity index (χ4n) is 1.91. The molecule has 2 N–H and O–H groups in total. The summed E-state index contributed by atoms with van der Waals surface area (Å²) in [5, 5.41) is 3.56. The maximum absolute atomic E-state index is 5.72. The summed E-state index contributed by atoms with van der Waals surface area (Å²) in [6, 6.07) is 0.330. The molecule has 1 heterocycles. The molecule has 3 heteroatoms. The predicted molar refractivity (Wildman–Crippen MR) is 65.3 cm³/mol. The lowest BCUT2D eigenvalue weighted by Crippen LogP contribution is -2.14. The average molecular weight is 224 g/mol. The Balaban J connectivity index is 1.79. The van der Waals surface area contributed by atoms with Crippen LogP contribution in [0.4, 0.5) is 0 Å². The van der Waals surface area contributed by atoms with Crippen LogP contribution in [0.3, 0.4) is 0 Å². The molecule has 0 bridgehead atoms. The second kappa shape index (κ2) is 5.08. The average Bonchev–Trinajstić information content (AvgIpc) is 2.49. The monoisotopic (exact) mass is 224 g/mol. The van der Waals surface area contributed by atoms with Gasteiger partial charge in [0.25, 0.3) is 0 Å². The van der Waals surface area contributed by atoms with Gasteiger partial charge < -0.3 is 5.73 Å². The Kier molecular flexibility index (Phi) is 3.76. The van der Waals surface area contributed by atoms with Crippen LogP contribution < -0.4 is 5.73 Å². The Morgan fingerprint density at radius 3 is 3.00 bits per heavy atom. The fraction of sp³-hybridized carbons (Fsp3) is 0.750. The maximum atomic E-state index is 5.72. The van der Waals surface area contributed by atoms with Gasteiger partial charge in [-0.05, 0) is 39.0 Å². The summed E-state index contributed by atoms with van der Waals surface area (Å²) in [4.78, 5) is 4.71. The highest BCUT2D eigenvalue weighted by atomic mass is 32.1. The van der Waals surface area contributed by atoms with Crippen molar-refractivity contribution in [2.24, 2.45) is 5.73 Å². The van der Waals surface area contributed by atoms with Crippen molar-refractivity contribution in [3.63, 3.8) is 0 Å². The smallest absolute Gasteiger partial charge is 0.0928 e. The second-order valence-electron chi connectivity index (χ2n) is 4.66. The molecule has 0 spiro atoms. The van der Waals surface area contributed by atoms with Crippen molar-refractivity contribution < 1.29 is 0 Å². The Bertz CT molecular complexity index is 302. The number of aryl methyl sites for hydroxylation is 1. The van der Waals surface area contributed by atoms with Crippen molar-refractivity contribution in [2.75, 3.05) is 0 Å². The SMILES string of the molecule is CC(N)CCCc1nc(C2CCC2)cs1. The lowest BCUT2D eigenvalue weighted by molar-refractivity contribution is 0.412. The van der Waals surface area contributed by atoms with Gasteiger partial charge in [-0.1, -0.05) is 6.42 Å². The number of nitrogens with two attached hydrogens (primary N) is 1. The molecule has 1 saturated carbocycles. The lowest BCUT2D eigenvalue weighted by Gasteiger charge is -2.22. The summed E-state index contributed by atoms with van der Waals surface area (Å²) in [7, 11) is 0. The molecule has 1 aliphatic rings. The molecule has 0 aromatic carbocycles. The molecule has 15 heavy (non-hydrogen) atoms. The highest BCUT2D eigenvalue weighted by Gasteiger charge is 2.21. The van der Waals surface area contributed by atoms with Crippen LogP contribution in [0.2, 0.25) is 0 Å². The van der Waals surface area contributed by atoms with Crippen LogP contribution in [0, 0.1) is 0 Å². The predicted octanol–water partition coefficient (Wildman–Crippen LogP) is 3.08. The summed E-state index contributed by atoms with van der Waals surface area (Å²) >= 11 is 1.83. The van der Waals surface area contributed by atoms with Gasteiger partial charge in [0.05, 0.1) is 10.7 Å².